The van der Waals surface area contributed by atoms with E-state index in [4.69, 9.17) is 19.3 Å². The molecule has 0 aliphatic carbocycles. The molecule has 0 aromatic rings. The van der Waals surface area contributed by atoms with E-state index < -0.39 is 11.9 Å². The van der Waals surface area contributed by atoms with Crippen LogP contribution in [0.15, 0.2) is 0 Å². The third-order valence-electron chi connectivity index (χ3n) is 4.31. The number of rotatable bonds is 17. The Hall–Kier alpha value is -0.650. The van der Waals surface area contributed by atoms with Gasteiger partial charge in [0.05, 0.1) is 0 Å². The molecule has 0 spiro atoms. The first-order valence-electron chi connectivity index (χ1n) is 8.97. The summed E-state index contributed by atoms with van der Waals surface area (Å²) < 4.78 is 15.8. The van der Waals surface area contributed by atoms with E-state index in [0.717, 1.165) is 25.7 Å². The lowest BCUT2D eigenvalue weighted by Crippen LogP contribution is -2.35. The highest BCUT2D eigenvalue weighted by molar-refractivity contribution is 5.66. The van der Waals surface area contributed by atoms with Gasteiger partial charge < -0.3 is 19.3 Å². The molecule has 0 atom stereocenters. The average molecular weight is 332 g/mol. The van der Waals surface area contributed by atoms with Crippen LogP contribution in [0.3, 0.4) is 0 Å². The summed E-state index contributed by atoms with van der Waals surface area (Å²) in [7, 11) is 4.82. The lowest BCUT2D eigenvalue weighted by molar-refractivity contribution is -0.355. The summed E-state index contributed by atoms with van der Waals surface area (Å²) in [6, 6.07) is 0. The molecule has 0 aliphatic rings. The summed E-state index contributed by atoms with van der Waals surface area (Å²) in [4.78, 5) is 10.4. The largest absolute Gasteiger partial charge is 0.481 e. The minimum absolute atomic E-state index is 0.316. The number of aliphatic carboxylic acids is 1. The molecule has 0 aromatic heterocycles. The highest BCUT2D eigenvalue weighted by Gasteiger charge is 2.28. The van der Waals surface area contributed by atoms with Gasteiger partial charge in [0.1, 0.15) is 0 Å². The molecule has 0 aromatic carbocycles. The van der Waals surface area contributed by atoms with E-state index in [1.54, 1.807) is 21.3 Å². The van der Waals surface area contributed by atoms with Gasteiger partial charge in [-0.2, -0.15) is 0 Å². The van der Waals surface area contributed by atoms with Gasteiger partial charge in [-0.1, -0.05) is 57.8 Å². The zero-order valence-corrected chi connectivity index (χ0v) is 15.3. The normalized spacial score (nSPS) is 11.8. The van der Waals surface area contributed by atoms with Crippen LogP contribution < -0.4 is 0 Å². The Labute approximate surface area is 141 Å². The summed E-state index contributed by atoms with van der Waals surface area (Å²) in [5.41, 5.74) is 0. The molecule has 0 rings (SSSR count). The van der Waals surface area contributed by atoms with E-state index >= 15 is 0 Å². The van der Waals surface area contributed by atoms with Crippen LogP contribution in [0.1, 0.15) is 83.5 Å². The summed E-state index contributed by atoms with van der Waals surface area (Å²) >= 11 is 0. The molecule has 0 heterocycles. The number of carboxylic acids is 1. The fourth-order valence-corrected chi connectivity index (χ4v) is 2.76. The molecule has 1 N–H and O–H groups in total. The van der Waals surface area contributed by atoms with Crippen molar-refractivity contribution < 1.29 is 24.1 Å². The van der Waals surface area contributed by atoms with Gasteiger partial charge in [0.2, 0.25) is 0 Å². The summed E-state index contributed by atoms with van der Waals surface area (Å²) in [5, 5.41) is 8.54. The highest BCUT2D eigenvalue weighted by atomic mass is 16.9. The minimum Gasteiger partial charge on any atom is -0.481 e. The number of carbonyl (C=O) groups is 1. The molecule has 0 saturated heterocycles. The van der Waals surface area contributed by atoms with Crippen molar-refractivity contribution >= 4 is 5.97 Å². The van der Waals surface area contributed by atoms with Crippen molar-refractivity contribution in [1.82, 2.24) is 0 Å². The molecule has 0 unspecified atom stereocenters. The Kier molecular flexibility index (Phi) is 14.5. The highest BCUT2D eigenvalue weighted by Crippen LogP contribution is 2.21. The van der Waals surface area contributed by atoms with Crippen molar-refractivity contribution in [2.24, 2.45) is 0 Å². The van der Waals surface area contributed by atoms with E-state index in [-0.39, 0.29) is 0 Å². The fourth-order valence-electron chi connectivity index (χ4n) is 2.76. The maximum absolute atomic E-state index is 10.4. The fraction of sp³-hybridized carbons (Fsp3) is 0.944. The standard InChI is InChI=1S/C18H36O5/c1-21-18(22-2,23-3)16-14-12-10-8-6-4-5-7-9-11-13-15-17(19)20/h4-16H2,1-3H3,(H,19,20). The maximum Gasteiger partial charge on any atom is 0.303 e. The van der Waals surface area contributed by atoms with Crippen LogP contribution in [0, 0.1) is 0 Å². The molecule has 0 amide bonds. The van der Waals surface area contributed by atoms with Gasteiger partial charge in [-0.3, -0.25) is 4.79 Å². The van der Waals surface area contributed by atoms with Crippen molar-refractivity contribution in [3.8, 4) is 0 Å². The Morgan fingerprint density at radius 2 is 1.04 bits per heavy atom. The molecule has 138 valence electrons. The van der Waals surface area contributed by atoms with Crippen molar-refractivity contribution in [3.63, 3.8) is 0 Å². The molecule has 0 fully saturated rings. The quantitative estimate of drug-likeness (QED) is 0.308. The molecule has 0 bridgehead atoms. The number of hydrogen-bond acceptors (Lipinski definition) is 4. The van der Waals surface area contributed by atoms with Gasteiger partial charge in [-0.25, -0.2) is 0 Å². The number of ether oxygens (including phenoxy) is 3. The monoisotopic (exact) mass is 332 g/mol. The first-order valence-corrected chi connectivity index (χ1v) is 8.97. The SMILES string of the molecule is COC(CCCCCCCCCCCCCC(=O)O)(OC)OC. The van der Waals surface area contributed by atoms with Gasteiger partial charge in [0, 0.05) is 34.2 Å². The third kappa shape index (κ3) is 12.4. The number of hydrogen-bond donors (Lipinski definition) is 1. The lowest BCUT2D eigenvalue weighted by atomic mass is 10.0. The second-order valence-electron chi connectivity index (χ2n) is 6.08. The minimum atomic E-state index is -0.874. The second-order valence-corrected chi connectivity index (χ2v) is 6.08. The Morgan fingerprint density at radius 1 is 0.696 bits per heavy atom. The van der Waals surface area contributed by atoms with Crippen molar-refractivity contribution in [1.29, 1.82) is 0 Å². The van der Waals surface area contributed by atoms with Gasteiger partial charge in [-0.05, 0) is 12.8 Å². The van der Waals surface area contributed by atoms with Gasteiger partial charge in [-0.15, -0.1) is 0 Å². The Bertz CT molecular complexity index is 268. The zero-order valence-electron chi connectivity index (χ0n) is 15.3. The van der Waals surface area contributed by atoms with E-state index in [1.807, 2.05) is 0 Å². The number of unbranched alkanes of at least 4 members (excludes halogenated alkanes) is 10. The molecular formula is C18H36O5. The van der Waals surface area contributed by atoms with E-state index in [9.17, 15) is 4.79 Å². The summed E-state index contributed by atoms with van der Waals surface area (Å²) in [6.07, 6.45) is 13.9. The van der Waals surface area contributed by atoms with Crippen LogP contribution in [0.25, 0.3) is 0 Å². The van der Waals surface area contributed by atoms with E-state index in [2.05, 4.69) is 0 Å². The predicted octanol–water partition coefficient (Wildman–Crippen LogP) is 4.74. The van der Waals surface area contributed by atoms with Gasteiger partial charge in [0.15, 0.2) is 0 Å². The Balaban J connectivity index is 3.29. The number of carboxylic acid groups (broad SMARTS) is 1. The van der Waals surface area contributed by atoms with Crippen molar-refractivity contribution in [2.45, 2.75) is 89.4 Å². The van der Waals surface area contributed by atoms with E-state index in [0.29, 0.717) is 6.42 Å². The molecule has 0 radical (unpaired) electrons. The van der Waals surface area contributed by atoms with Crippen molar-refractivity contribution in [3.05, 3.63) is 0 Å². The third-order valence-corrected chi connectivity index (χ3v) is 4.31. The molecule has 5 heteroatoms. The topological polar surface area (TPSA) is 65.0 Å². The molecule has 23 heavy (non-hydrogen) atoms. The Morgan fingerprint density at radius 3 is 1.39 bits per heavy atom. The molecule has 5 nitrogen and oxygen atoms in total. The van der Waals surface area contributed by atoms with Gasteiger partial charge in [0.25, 0.3) is 5.97 Å². The van der Waals surface area contributed by atoms with Crippen LogP contribution in [0.5, 0.6) is 0 Å². The average Bonchev–Trinajstić information content (AvgIpc) is 2.56. The maximum atomic E-state index is 10.4. The van der Waals surface area contributed by atoms with Gasteiger partial charge >= 0.3 is 5.97 Å². The molecule has 0 saturated carbocycles. The molecule has 0 aliphatic heterocycles. The van der Waals surface area contributed by atoms with Crippen LogP contribution >= 0.6 is 0 Å². The lowest BCUT2D eigenvalue weighted by Gasteiger charge is -2.28. The number of methoxy groups -OCH3 is 3. The first-order chi connectivity index (χ1) is 11.1. The van der Waals surface area contributed by atoms with Crippen LogP contribution in [-0.2, 0) is 19.0 Å². The predicted molar refractivity (Wildman–Crippen MR) is 91.4 cm³/mol. The van der Waals surface area contributed by atoms with E-state index in [1.165, 1.54) is 51.4 Å². The molecular weight excluding hydrogens is 296 g/mol. The zero-order chi connectivity index (χ0) is 17.4. The summed E-state index contributed by atoms with van der Waals surface area (Å²) in [6.45, 7) is 0. The van der Waals surface area contributed by atoms with Crippen molar-refractivity contribution in [2.75, 3.05) is 21.3 Å². The van der Waals surface area contributed by atoms with Crippen LogP contribution in [0.4, 0.5) is 0 Å². The van der Waals surface area contributed by atoms with Crippen LogP contribution in [0.2, 0.25) is 0 Å². The first kappa shape index (κ1) is 22.4. The summed E-state index contributed by atoms with van der Waals surface area (Å²) in [5.74, 6) is -1.55. The second kappa shape index (κ2) is 14.9. The smallest absolute Gasteiger partial charge is 0.303 e. The van der Waals surface area contributed by atoms with Crippen LogP contribution in [-0.4, -0.2) is 38.4 Å².